The SMILES string of the molecule is Cc1nn(C)cc1N1C(=O)CNC(=O)C1C(C)C. The highest BCUT2D eigenvalue weighted by atomic mass is 16.2. The summed E-state index contributed by atoms with van der Waals surface area (Å²) in [7, 11) is 1.80. The molecule has 0 saturated carbocycles. The molecule has 98 valence electrons. The van der Waals surface area contributed by atoms with Gasteiger partial charge < -0.3 is 5.32 Å². The van der Waals surface area contributed by atoms with Crippen LogP contribution < -0.4 is 10.2 Å². The van der Waals surface area contributed by atoms with Crippen LogP contribution in [0.5, 0.6) is 0 Å². The van der Waals surface area contributed by atoms with E-state index in [2.05, 4.69) is 10.4 Å². The van der Waals surface area contributed by atoms with Gasteiger partial charge in [0.25, 0.3) is 0 Å². The summed E-state index contributed by atoms with van der Waals surface area (Å²) in [5, 5.41) is 6.86. The van der Waals surface area contributed by atoms with Gasteiger partial charge in [0.2, 0.25) is 11.8 Å². The van der Waals surface area contributed by atoms with Crippen molar-refractivity contribution < 1.29 is 9.59 Å². The summed E-state index contributed by atoms with van der Waals surface area (Å²) in [5.41, 5.74) is 1.47. The normalized spacial score (nSPS) is 20.5. The summed E-state index contributed by atoms with van der Waals surface area (Å²) in [6.45, 7) is 5.76. The number of rotatable bonds is 2. The van der Waals surface area contributed by atoms with Crippen LogP contribution in [0, 0.1) is 12.8 Å². The lowest BCUT2D eigenvalue weighted by Gasteiger charge is -2.36. The maximum atomic E-state index is 12.1. The number of carbonyl (C=O) groups is 2. The van der Waals surface area contributed by atoms with E-state index in [0.717, 1.165) is 11.4 Å². The van der Waals surface area contributed by atoms with Crippen molar-refractivity contribution in [2.75, 3.05) is 11.4 Å². The van der Waals surface area contributed by atoms with Gasteiger partial charge in [0.05, 0.1) is 17.9 Å². The first kappa shape index (κ1) is 12.6. The zero-order valence-electron chi connectivity index (χ0n) is 11.1. The van der Waals surface area contributed by atoms with Gasteiger partial charge in [-0.05, 0) is 12.8 Å². The van der Waals surface area contributed by atoms with Gasteiger partial charge >= 0.3 is 0 Å². The summed E-state index contributed by atoms with van der Waals surface area (Å²) in [5.74, 6) is -0.147. The van der Waals surface area contributed by atoms with Crippen molar-refractivity contribution in [3.05, 3.63) is 11.9 Å². The summed E-state index contributed by atoms with van der Waals surface area (Å²) < 4.78 is 1.65. The fraction of sp³-hybridized carbons (Fsp3) is 0.583. The predicted molar refractivity (Wildman–Crippen MR) is 67.1 cm³/mol. The number of hydrogen-bond donors (Lipinski definition) is 1. The fourth-order valence-corrected chi connectivity index (χ4v) is 2.33. The van der Waals surface area contributed by atoms with Crippen LogP contribution in [0.15, 0.2) is 6.20 Å². The molecule has 1 N–H and O–H groups in total. The molecule has 1 aromatic rings. The minimum Gasteiger partial charge on any atom is -0.345 e. The van der Waals surface area contributed by atoms with E-state index < -0.39 is 6.04 Å². The molecular weight excluding hydrogens is 232 g/mol. The Morgan fingerprint density at radius 2 is 2.11 bits per heavy atom. The number of hydrogen-bond acceptors (Lipinski definition) is 3. The number of aryl methyl sites for hydroxylation is 2. The van der Waals surface area contributed by atoms with Gasteiger partial charge in [0.1, 0.15) is 6.04 Å². The summed E-state index contributed by atoms with van der Waals surface area (Å²) >= 11 is 0. The van der Waals surface area contributed by atoms with Gasteiger partial charge in [0.15, 0.2) is 0 Å². The van der Waals surface area contributed by atoms with Crippen molar-refractivity contribution in [1.29, 1.82) is 0 Å². The molecule has 0 aromatic carbocycles. The molecule has 1 aliphatic heterocycles. The fourth-order valence-electron chi connectivity index (χ4n) is 2.33. The summed E-state index contributed by atoms with van der Waals surface area (Å²) in [6.07, 6.45) is 1.78. The van der Waals surface area contributed by atoms with E-state index in [9.17, 15) is 9.59 Å². The first-order valence-corrected chi connectivity index (χ1v) is 6.02. The second-order valence-electron chi connectivity index (χ2n) is 4.94. The van der Waals surface area contributed by atoms with E-state index in [1.165, 1.54) is 0 Å². The number of anilines is 1. The number of amides is 2. The molecule has 1 unspecified atom stereocenters. The third kappa shape index (κ3) is 1.98. The second-order valence-corrected chi connectivity index (χ2v) is 4.94. The molecule has 6 nitrogen and oxygen atoms in total. The van der Waals surface area contributed by atoms with Crippen LogP contribution in [-0.4, -0.2) is 34.2 Å². The highest BCUT2D eigenvalue weighted by Gasteiger charge is 2.38. The van der Waals surface area contributed by atoms with Crippen molar-refractivity contribution in [2.45, 2.75) is 26.8 Å². The van der Waals surface area contributed by atoms with Crippen LogP contribution in [0.1, 0.15) is 19.5 Å². The van der Waals surface area contributed by atoms with Crippen LogP contribution >= 0.6 is 0 Å². The van der Waals surface area contributed by atoms with E-state index in [4.69, 9.17) is 0 Å². The molecule has 0 spiro atoms. The van der Waals surface area contributed by atoms with E-state index in [0.29, 0.717) is 0 Å². The minimum absolute atomic E-state index is 0.0499. The lowest BCUT2D eigenvalue weighted by molar-refractivity contribution is -0.131. The molecule has 1 atom stereocenters. The Hall–Kier alpha value is -1.85. The van der Waals surface area contributed by atoms with Gasteiger partial charge in [0, 0.05) is 13.2 Å². The quantitative estimate of drug-likeness (QED) is 0.816. The molecule has 2 heterocycles. The average Bonchev–Trinajstić information content (AvgIpc) is 2.60. The Kier molecular flexibility index (Phi) is 3.11. The molecule has 0 aliphatic carbocycles. The molecule has 0 bridgehead atoms. The van der Waals surface area contributed by atoms with Crippen molar-refractivity contribution >= 4 is 17.5 Å². The van der Waals surface area contributed by atoms with Crippen LogP contribution in [0.2, 0.25) is 0 Å². The Morgan fingerprint density at radius 1 is 1.44 bits per heavy atom. The Balaban J connectivity index is 2.46. The van der Waals surface area contributed by atoms with E-state index in [1.54, 1.807) is 22.8 Å². The molecular formula is C12H18N4O2. The van der Waals surface area contributed by atoms with Crippen LogP contribution in [0.4, 0.5) is 5.69 Å². The maximum Gasteiger partial charge on any atom is 0.247 e. The van der Waals surface area contributed by atoms with Crippen LogP contribution in [0.3, 0.4) is 0 Å². The Labute approximate surface area is 106 Å². The van der Waals surface area contributed by atoms with Crippen molar-refractivity contribution in [1.82, 2.24) is 15.1 Å². The van der Waals surface area contributed by atoms with Crippen molar-refractivity contribution in [3.63, 3.8) is 0 Å². The molecule has 1 saturated heterocycles. The van der Waals surface area contributed by atoms with Gasteiger partial charge in [-0.2, -0.15) is 5.10 Å². The largest absolute Gasteiger partial charge is 0.345 e. The maximum absolute atomic E-state index is 12.1. The molecule has 1 aromatic heterocycles. The van der Waals surface area contributed by atoms with Crippen LogP contribution in [-0.2, 0) is 16.6 Å². The molecule has 2 rings (SSSR count). The third-order valence-corrected chi connectivity index (χ3v) is 3.11. The first-order chi connectivity index (χ1) is 8.41. The molecule has 0 radical (unpaired) electrons. The van der Waals surface area contributed by atoms with Gasteiger partial charge in [-0.1, -0.05) is 13.8 Å². The third-order valence-electron chi connectivity index (χ3n) is 3.11. The number of aromatic nitrogens is 2. The van der Waals surface area contributed by atoms with E-state index in [1.807, 2.05) is 20.8 Å². The summed E-state index contributed by atoms with van der Waals surface area (Å²) in [4.78, 5) is 25.6. The van der Waals surface area contributed by atoms with Gasteiger partial charge in [-0.15, -0.1) is 0 Å². The highest BCUT2D eigenvalue weighted by molar-refractivity contribution is 6.06. The zero-order valence-corrected chi connectivity index (χ0v) is 11.1. The number of nitrogens with zero attached hydrogens (tertiary/aromatic N) is 3. The smallest absolute Gasteiger partial charge is 0.247 e. The number of carbonyl (C=O) groups excluding carboxylic acids is 2. The topological polar surface area (TPSA) is 67.2 Å². The van der Waals surface area contributed by atoms with Gasteiger partial charge in [-0.25, -0.2) is 0 Å². The molecule has 2 amide bonds. The highest BCUT2D eigenvalue weighted by Crippen LogP contribution is 2.26. The summed E-state index contributed by atoms with van der Waals surface area (Å²) in [6, 6.07) is -0.464. The standard InChI is InChI=1S/C12H18N4O2/c1-7(2)11-12(18)13-5-10(17)16(11)9-6-15(4)14-8(9)3/h6-7,11H,5H2,1-4H3,(H,13,18). The Bertz CT molecular complexity index is 492. The average molecular weight is 250 g/mol. The number of nitrogens with one attached hydrogen (secondary N) is 1. The predicted octanol–water partition coefficient (Wildman–Crippen LogP) is 0.216. The molecule has 1 fully saturated rings. The van der Waals surface area contributed by atoms with E-state index >= 15 is 0 Å². The second kappa shape index (κ2) is 4.44. The van der Waals surface area contributed by atoms with E-state index in [-0.39, 0.29) is 24.3 Å². The lowest BCUT2D eigenvalue weighted by Crippen LogP contribution is -2.60. The zero-order chi connectivity index (χ0) is 13.4. The monoisotopic (exact) mass is 250 g/mol. The molecule has 18 heavy (non-hydrogen) atoms. The lowest BCUT2D eigenvalue weighted by atomic mass is 9.99. The molecule has 6 heteroatoms. The van der Waals surface area contributed by atoms with Crippen molar-refractivity contribution in [2.24, 2.45) is 13.0 Å². The minimum atomic E-state index is -0.464. The first-order valence-electron chi connectivity index (χ1n) is 6.02. The number of piperazine rings is 1. The Morgan fingerprint density at radius 3 is 2.61 bits per heavy atom. The van der Waals surface area contributed by atoms with Crippen LogP contribution in [0.25, 0.3) is 0 Å². The molecule has 1 aliphatic rings. The van der Waals surface area contributed by atoms with Crippen molar-refractivity contribution in [3.8, 4) is 0 Å². The van der Waals surface area contributed by atoms with Gasteiger partial charge in [-0.3, -0.25) is 19.2 Å².